The Morgan fingerprint density at radius 3 is 1.67 bits per heavy atom. The van der Waals surface area contributed by atoms with Crippen molar-refractivity contribution in [2.24, 2.45) is 0 Å². The molecule has 142 valence electrons. The first-order valence-electron chi connectivity index (χ1n) is 8.97. The van der Waals surface area contributed by atoms with Crippen LogP contribution in [-0.2, 0) is 9.59 Å². The molecule has 1 aliphatic rings. The topological polar surface area (TPSA) is 84.9 Å². The fourth-order valence-electron chi connectivity index (χ4n) is 2.98. The fraction of sp³-hybridized carbons (Fsp3) is 0.300. The van der Waals surface area contributed by atoms with Gasteiger partial charge in [0, 0.05) is 37.6 Å². The Balaban J connectivity index is 1.37. The van der Waals surface area contributed by atoms with E-state index in [2.05, 4.69) is 20.4 Å². The summed E-state index contributed by atoms with van der Waals surface area (Å²) in [5.74, 6) is 0.0519. The second kappa shape index (κ2) is 9.16. The molecule has 0 unspecified atom stereocenters. The number of hydrogen-bond donors (Lipinski definition) is 3. The first-order chi connectivity index (χ1) is 13.1. The molecule has 27 heavy (non-hydrogen) atoms. The zero-order valence-electron chi connectivity index (χ0n) is 15.1. The van der Waals surface area contributed by atoms with Gasteiger partial charge in [0.25, 0.3) is 0 Å². The maximum Gasteiger partial charge on any atom is 0.238 e. The van der Waals surface area contributed by atoms with Gasteiger partial charge in [0.2, 0.25) is 11.8 Å². The number of phenolic OH excluding ortho intramolecular Hbond substituents is 1. The number of amides is 2. The van der Waals surface area contributed by atoms with Gasteiger partial charge in [0.05, 0.1) is 13.1 Å². The lowest BCUT2D eigenvalue weighted by atomic mass is 10.2. The van der Waals surface area contributed by atoms with Crippen LogP contribution in [0.5, 0.6) is 5.75 Å². The van der Waals surface area contributed by atoms with Crippen molar-refractivity contribution < 1.29 is 14.7 Å². The molecule has 2 aromatic carbocycles. The summed E-state index contributed by atoms with van der Waals surface area (Å²) in [4.78, 5) is 28.4. The Hall–Kier alpha value is -2.90. The number of rotatable bonds is 6. The van der Waals surface area contributed by atoms with Gasteiger partial charge < -0.3 is 15.7 Å². The van der Waals surface area contributed by atoms with E-state index >= 15 is 0 Å². The first-order valence-corrected chi connectivity index (χ1v) is 8.97. The SMILES string of the molecule is O=C(CN1CCN(CC(=O)Nc2ccc(O)cc2)CC1)Nc1ccccc1. The van der Waals surface area contributed by atoms with Gasteiger partial charge in [-0.25, -0.2) is 0 Å². The average molecular weight is 368 g/mol. The number of carbonyl (C=O) groups is 2. The smallest absolute Gasteiger partial charge is 0.238 e. The lowest BCUT2D eigenvalue weighted by Gasteiger charge is -2.33. The highest BCUT2D eigenvalue weighted by molar-refractivity contribution is 5.92. The summed E-state index contributed by atoms with van der Waals surface area (Å²) in [7, 11) is 0. The van der Waals surface area contributed by atoms with E-state index in [4.69, 9.17) is 0 Å². The van der Waals surface area contributed by atoms with Gasteiger partial charge in [-0.2, -0.15) is 0 Å². The van der Waals surface area contributed by atoms with Gasteiger partial charge in [-0.1, -0.05) is 18.2 Å². The molecule has 1 heterocycles. The van der Waals surface area contributed by atoms with Gasteiger partial charge in [0.1, 0.15) is 5.75 Å². The van der Waals surface area contributed by atoms with Crippen molar-refractivity contribution >= 4 is 23.2 Å². The van der Waals surface area contributed by atoms with E-state index in [-0.39, 0.29) is 17.6 Å². The molecule has 3 N–H and O–H groups in total. The van der Waals surface area contributed by atoms with E-state index in [1.165, 1.54) is 12.1 Å². The number of anilines is 2. The quantitative estimate of drug-likeness (QED) is 0.675. The zero-order chi connectivity index (χ0) is 19.1. The standard InChI is InChI=1S/C20H24N4O3/c25-18-8-6-17(7-9-18)22-20(27)15-24-12-10-23(11-13-24)14-19(26)21-16-4-2-1-3-5-16/h1-9,25H,10-15H2,(H,21,26)(H,22,27). The highest BCUT2D eigenvalue weighted by Crippen LogP contribution is 2.13. The van der Waals surface area contributed by atoms with Crippen LogP contribution in [0.25, 0.3) is 0 Å². The fourth-order valence-corrected chi connectivity index (χ4v) is 2.98. The summed E-state index contributed by atoms with van der Waals surface area (Å²) >= 11 is 0. The highest BCUT2D eigenvalue weighted by Gasteiger charge is 2.20. The molecule has 0 atom stereocenters. The number of aromatic hydroxyl groups is 1. The summed E-state index contributed by atoms with van der Waals surface area (Å²) in [6.45, 7) is 3.62. The Kier molecular flexibility index (Phi) is 6.40. The molecule has 0 radical (unpaired) electrons. The molecule has 7 nitrogen and oxygen atoms in total. The molecule has 0 spiro atoms. The molecular weight excluding hydrogens is 344 g/mol. The van der Waals surface area contributed by atoms with E-state index in [1.54, 1.807) is 12.1 Å². The van der Waals surface area contributed by atoms with E-state index in [0.717, 1.165) is 31.9 Å². The average Bonchev–Trinajstić information content (AvgIpc) is 2.66. The molecule has 0 saturated carbocycles. The monoisotopic (exact) mass is 368 g/mol. The Labute approximate surface area is 158 Å². The number of nitrogens with zero attached hydrogens (tertiary/aromatic N) is 2. The lowest BCUT2D eigenvalue weighted by Crippen LogP contribution is -2.50. The minimum absolute atomic E-state index is 0.0280. The van der Waals surface area contributed by atoms with Crippen molar-refractivity contribution in [1.82, 2.24) is 9.80 Å². The normalized spacial score (nSPS) is 15.3. The maximum absolute atomic E-state index is 12.1. The van der Waals surface area contributed by atoms with Crippen LogP contribution in [0.2, 0.25) is 0 Å². The molecule has 0 aromatic heterocycles. The molecule has 0 bridgehead atoms. The maximum atomic E-state index is 12.1. The molecule has 1 saturated heterocycles. The third-order valence-electron chi connectivity index (χ3n) is 4.41. The second-order valence-corrected chi connectivity index (χ2v) is 6.56. The summed E-state index contributed by atoms with van der Waals surface area (Å²) in [5, 5.41) is 15.0. The van der Waals surface area contributed by atoms with Crippen molar-refractivity contribution in [2.45, 2.75) is 0 Å². The van der Waals surface area contributed by atoms with Crippen molar-refractivity contribution in [3.8, 4) is 5.75 Å². The van der Waals surface area contributed by atoms with Crippen LogP contribution >= 0.6 is 0 Å². The first kappa shape index (κ1) is 18.9. The third kappa shape index (κ3) is 6.09. The highest BCUT2D eigenvalue weighted by atomic mass is 16.3. The van der Waals surface area contributed by atoms with Gasteiger partial charge >= 0.3 is 0 Å². The minimum Gasteiger partial charge on any atom is -0.508 e. The largest absolute Gasteiger partial charge is 0.508 e. The molecule has 1 fully saturated rings. The minimum atomic E-state index is -0.0871. The molecule has 2 aromatic rings. The number of carbonyl (C=O) groups excluding carboxylic acids is 2. The molecule has 7 heteroatoms. The zero-order valence-corrected chi connectivity index (χ0v) is 15.1. The summed E-state index contributed by atoms with van der Waals surface area (Å²) in [6, 6.07) is 15.8. The van der Waals surface area contributed by atoms with Crippen molar-refractivity contribution in [1.29, 1.82) is 0 Å². The van der Waals surface area contributed by atoms with E-state index < -0.39 is 0 Å². The summed E-state index contributed by atoms with van der Waals surface area (Å²) in [6.07, 6.45) is 0. The molecule has 0 aliphatic carbocycles. The molecule has 2 amide bonds. The van der Waals surface area contributed by atoms with Crippen molar-refractivity contribution in [3.63, 3.8) is 0 Å². The van der Waals surface area contributed by atoms with Gasteiger partial charge in [-0.15, -0.1) is 0 Å². The van der Waals surface area contributed by atoms with Gasteiger partial charge in [-0.05, 0) is 36.4 Å². The molecular formula is C20H24N4O3. The van der Waals surface area contributed by atoms with Crippen LogP contribution in [-0.4, -0.2) is 66.0 Å². The number of nitrogens with one attached hydrogen (secondary N) is 2. The predicted octanol–water partition coefficient (Wildman–Crippen LogP) is 1.59. The van der Waals surface area contributed by atoms with Crippen LogP contribution < -0.4 is 10.6 Å². The van der Waals surface area contributed by atoms with Crippen LogP contribution in [0.3, 0.4) is 0 Å². The van der Waals surface area contributed by atoms with Crippen molar-refractivity contribution in [3.05, 3.63) is 54.6 Å². The second-order valence-electron chi connectivity index (χ2n) is 6.56. The van der Waals surface area contributed by atoms with Crippen LogP contribution in [0.15, 0.2) is 54.6 Å². The number of benzene rings is 2. The Bertz CT molecular complexity index is 757. The number of hydrogen-bond acceptors (Lipinski definition) is 5. The number of para-hydroxylation sites is 1. The van der Waals surface area contributed by atoms with E-state index in [9.17, 15) is 14.7 Å². The van der Waals surface area contributed by atoms with Crippen LogP contribution in [0, 0.1) is 0 Å². The summed E-state index contributed by atoms with van der Waals surface area (Å²) in [5.41, 5.74) is 1.46. The molecule has 3 rings (SSSR count). The van der Waals surface area contributed by atoms with Gasteiger partial charge in [0.15, 0.2) is 0 Å². The van der Waals surface area contributed by atoms with E-state index in [1.807, 2.05) is 30.3 Å². The predicted molar refractivity (Wildman–Crippen MR) is 105 cm³/mol. The Morgan fingerprint density at radius 1 is 0.741 bits per heavy atom. The summed E-state index contributed by atoms with van der Waals surface area (Å²) < 4.78 is 0. The van der Waals surface area contributed by atoms with Crippen LogP contribution in [0.1, 0.15) is 0 Å². The van der Waals surface area contributed by atoms with Gasteiger partial charge in [-0.3, -0.25) is 19.4 Å². The van der Waals surface area contributed by atoms with Crippen LogP contribution in [0.4, 0.5) is 11.4 Å². The van der Waals surface area contributed by atoms with E-state index in [0.29, 0.717) is 18.8 Å². The molecule has 1 aliphatic heterocycles. The third-order valence-corrected chi connectivity index (χ3v) is 4.41. The van der Waals surface area contributed by atoms with Crippen molar-refractivity contribution in [2.75, 3.05) is 49.9 Å². The number of phenols is 1. The lowest BCUT2D eigenvalue weighted by molar-refractivity contribution is -0.120. The Morgan fingerprint density at radius 2 is 1.19 bits per heavy atom. The number of piperazine rings is 1.